The number of halogens is 4. The zero-order valence-electron chi connectivity index (χ0n) is 9.76. The van der Waals surface area contributed by atoms with Crippen LogP contribution in [-0.4, -0.2) is 10.2 Å². The Labute approximate surface area is 106 Å². The van der Waals surface area contributed by atoms with E-state index < -0.39 is 17.6 Å². The molecule has 102 valence electrons. The van der Waals surface area contributed by atoms with E-state index in [9.17, 15) is 17.6 Å². The number of aromatic amines is 1. The van der Waals surface area contributed by atoms with Crippen LogP contribution in [0.1, 0.15) is 16.7 Å². The summed E-state index contributed by atoms with van der Waals surface area (Å²) in [5.74, 6) is -0.897. The number of hydrogen-bond acceptors (Lipinski definition) is 2. The van der Waals surface area contributed by atoms with Crippen LogP contribution in [0.4, 0.5) is 17.6 Å². The molecule has 0 radical (unpaired) electrons. The van der Waals surface area contributed by atoms with Gasteiger partial charge in [0.05, 0.1) is 11.8 Å². The summed E-state index contributed by atoms with van der Waals surface area (Å²) in [5, 5.41) is 9.18. The highest BCUT2D eigenvalue weighted by Crippen LogP contribution is 2.32. The minimum absolute atomic E-state index is 0.000301. The summed E-state index contributed by atoms with van der Waals surface area (Å²) in [4.78, 5) is 0. The quantitative estimate of drug-likeness (QED) is 0.841. The second kappa shape index (κ2) is 5.40. The number of benzene rings is 1. The lowest BCUT2D eigenvalue weighted by molar-refractivity contribution is -0.138. The number of aromatic nitrogens is 2. The fourth-order valence-corrected chi connectivity index (χ4v) is 1.68. The molecule has 0 fully saturated rings. The number of H-pyrrole nitrogens is 1. The summed E-state index contributed by atoms with van der Waals surface area (Å²) in [6.07, 6.45) is -1.35. The van der Waals surface area contributed by atoms with Crippen molar-refractivity contribution in [3.8, 4) is 0 Å². The number of nitrogens with zero attached hydrogens (tertiary/aromatic N) is 1. The lowest BCUT2D eigenvalue weighted by Gasteiger charge is -2.13. The Morgan fingerprint density at radius 2 is 2.00 bits per heavy atom. The monoisotopic (exact) mass is 273 g/mol. The molecule has 0 aliphatic carbocycles. The average molecular weight is 273 g/mol. The number of hydrogen-bond donors (Lipinski definition) is 2. The van der Waals surface area contributed by atoms with Crippen LogP contribution in [-0.2, 0) is 19.3 Å². The van der Waals surface area contributed by atoms with Gasteiger partial charge in [0, 0.05) is 24.8 Å². The third-order valence-electron chi connectivity index (χ3n) is 2.58. The molecule has 2 rings (SSSR count). The summed E-state index contributed by atoms with van der Waals surface area (Å²) >= 11 is 0. The first-order valence-electron chi connectivity index (χ1n) is 5.51. The summed E-state index contributed by atoms with van der Waals surface area (Å²) < 4.78 is 51.0. The van der Waals surface area contributed by atoms with Crippen LogP contribution in [0.15, 0.2) is 30.6 Å². The van der Waals surface area contributed by atoms with Crippen molar-refractivity contribution in [3.63, 3.8) is 0 Å². The molecule has 2 aromatic rings. The van der Waals surface area contributed by atoms with Crippen molar-refractivity contribution >= 4 is 0 Å². The molecule has 7 heteroatoms. The molecule has 0 spiro atoms. The molecule has 0 unspecified atom stereocenters. The SMILES string of the molecule is Fc1ccc(CNCc2cn[nH]c2)c(C(F)(F)F)c1. The van der Waals surface area contributed by atoms with Gasteiger partial charge < -0.3 is 5.32 Å². The molecular formula is C12H11F4N3. The van der Waals surface area contributed by atoms with Crippen molar-refractivity contribution in [2.75, 3.05) is 0 Å². The second-order valence-corrected chi connectivity index (χ2v) is 4.01. The third kappa shape index (κ3) is 3.54. The van der Waals surface area contributed by atoms with Gasteiger partial charge in [0.25, 0.3) is 0 Å². The Hall–Kier alpha value is -1.89. The fraction of sp³-hybridized carbons (Fsp3) is 0.250. The summed E-state index contributed by atoms with van der Waals surface area (Å²) in [7, 11) is 0. The zero-order valence-corrected chi connectivity index (χ0v) is 9.76. The van der Waals surface area contributed by atoms with Crippen LogP contribution in [0.5, 0.6) is 0 Å². The van der Waals surface area contributed by atoms with Gasteiger partial charge in [0.2, 0.25) is 0 Å². The molecular weight excluding hydrogens is 262 g/mol. The highest BCUT2D eigenvalue weighted by Gasteiger charge is 2.33. The Kier molecular flexibility index (Phi) is 3.84. The van der Waals surface area contributed by atoms with Crippen molar-refractivity contribution < 1.29 is 17.6 Å². The molecule has 19 heavy (non-hydrogen) atoms. The summed E-state index contributed by atoms with van der Waals surface area (Å²) in [6, 6.07) is 2.67. The van der Waals surface area contributed by atoms with Crippen LogP contribution in [0, 0.1) is 5.82 Å². The van der Waals surface area contributed by atoms with Gasteiger partial charge in [-0.2, -0.15) is 18.3 Å². The zero-order chi connectivity index (χ0) is 13.9. The van der Waals surface area contributed by atoms with Crippen LogP contribution in [0.25, 0.3) is 0 Å². The molecule has 0 saturated carbocycles. The van der Waals surface area contributed by atoms with Gasteiger partial charge in [-0.3, -0.25) is 5.10 Å². The van der Waals surface area contributed by atoms with Crippen molar-refractivity contribution in [2.24, 2.45) is 0 Å². The first-order chi connectivity index (χ1) is 8.97. The van der Waals surface area contributed by atoms with Crippen molar-refractivity contribution in [1.29, 1.82) is 0 Å². The van der Waals surface area contributed by atoms with E-state index in [1.165, 1.54) is 0 Å². The topological polar surface area (TPSA) is 40.7 Å². The Morgan fingerprint density at radius 1 is 1.21 bits per heavy atom. The summed E-state index contributed by atoms with van der Waals surface area (Å²) in [5.41, 5.74) is -0.111. The fourth-order valence-electron chi connectivity index (χ4n) is 1.68. The van der Waals surface area contributed by atoms with E-state index in [4.69, 9.17) is 0 Å². The molecule has 0 amide bonds. The molecule has 0 aliphatic rings. The van der Waals surface area contributed by atoms with Gasteiger partial charge >= 0.3 is 6.18 Å². The highest BCUT2D eigenvalue weighted by molar-refractivity contribution is 5.30. The van der Waals surface area contributed by atoms with Gasteiger partial charge in [0.1, 0.15) is 5.82 Å². The van der Waals surface area contributed by atoms with Crippen LogP contribution < -0.4 is 5.32 Å². The van der Waals surface area contributed by atoms with Crippen molar-refractivity contribution in [3.05, 3.63) is 53.1 Å². The van der Waals surface area contributed by atoms with Crippen molar-refractivity contribution in [1.82, 2.24) is 15.5 Å². The average Bonchev–Trinajstić information content (AvgIpc) is 2.83. The molecule has 0 atom stereocenters. The predicted octanol–water partition coefficient (Wildman–Crippen LogP) is 2.86. The second-order valence-electron chi connectivity index (χ2n) is 4.01. The Morgan fingerprint density at radius 3 is 2.63 bits per heavy atom. The Bertz CT molecular complexity index is 534. The molecule has 1 heterocycles. The molecule has 0 aliphatic heterocycles. The highest BCUT2D eigenvalue weighted by atomic mass is 19.4. The van der Waals surface area contributed by atoms with Gasteiger partial charge in [-0.1, -0.05) is 6.07 Å². The minimum Gasteiger partial charge on any atom is -0.308 e. The van der Waals surface area contributed by atoms with Crippen LogP contribution in [0.3, 0.4) is 0 Å². The number of alkyl halides is 3. The summed E-state index contributed by atoms with van der Waals surface area (Å²) in [6.45, 7) is 0.380. The van der Waals surface area contributed by atoms with E-state index in [1.54, 1.807) is 12.4 Å². The maximum absolute atomic E-state index is 12.9. The van der Waals surface area contributed by atoms with E-state index >= 15 is 0 Å². The number of nitrogens with one attached hydrogen (secondary N) is 2. The van der Waals surface area contributed by atoms with E-state index in [-0.39, 0.29) is 12.1 Å². The minimum atomic E-state index is -4.56. The van der Waals surface area contributed by atoms with E-state index in [0.29, 0.717) is 12.6 Å². The number of rotatable bonds is 4. The maximum Gasteiger partial charge on any atom is 0.416 e. The maximum atomic E-state index is 12.9. The molecule has 0 bridgehead atoms. The van der Waals surface area contributed by atoms with Crippen LogP contribution >= 0.6 is 0 Å². The van der Waals surface area contributed by atoms with E-state index in [0.717, 1.165) is 17.7 Å². The van der Waals surface area contributed by atoms with E-state index in [1.807, 2.05) is 0 Å². The Balaban J connectivity index is 2.07. The first kappa shape index (κ1) is 13.5. The van der Waals surface area contributed by atoms with Crippen molar-refractivity contribution in [2.45, 2.75) is 19.3 Å². The molecule has 0 saturated heterocycles. The largest absolute Gasteiger partial charge is 0.416 e. The lowest BCUT2D eigenvalue weighted by Crippen LogP contribution is -2.17. The molecule has 1 aromatic heterocycles. The smallest absolute Gasteiger partial charge is 0.308 e. The van der Waals surface area contributed by atoms with Gasteiger partial charge in [0.15, 0.2) is 0 Å². The standard InChI is InChI=1S/C12H11F4N3/c13-10-2-1-9(11(3-10)12(14,15)16)7-17-4-8-5-18-19-6-8/h1-3,5-6,17H,4,7H2,(H,18,19). The van der Waals surface area contributed by atoms with Gasteiger partial charge in [-0.25, -0.2) is 4.39 Å². The van der Waals surface area contributed by atoms with E-state index in [2.05, 4.69) is 15.5 Å². The van der Waals surface area contributed by atoms with Gasteiger partial charge in [-0.15, -0.1) is 0 Å². The first-order valence-corrected chi connectivity index (χ1v) is 5.51. The third-order valence-corrected chi connectivity index (χ3v) is 2.58. The van der Waals surface area contributed by atoms with Crippen LogP contribution in [0.2, 0.25) is 0 Å². The lowest BCUT2D eigenvalue weighted by atomic mass is 10.1. The molecule has 3 nitrogen and oxygen atoms in total. The van der Waals surface area contributed by atoms with Gasteiger partial charge in [-0.05, 0) is 17.7 Å². The predicted molar refractivity (Wildman–Crippen MR) is 60.5 cm³/mol. The normalized spacial score (nSPS) is 11.8. The molecule has 2 N–H and O–H groups in total. The molecule has 1 aromatic carbocycles.